The third kappa shape index (κ3) is 1.22. The van der Waals surface area contributed by atoms with Gasteiger partial charge in [0.2, 0.25) is 0 Å². The summed E-state index contributed by atoms with van der Waals surface area (Å²) in [4.78, 5) is 21.4. The summed E-state index contributed by atoms with van der Waals surface area (Å²) >= 11 is 0. The molecule has 0 unspecified atom stereocenters. The van der Waals surface area contributed by atoms with Gasteiger partial charge in [-0.2, -0.15) is 0 Å². The molecule has 66 valence electrons. The Balaban J connectivity index is 2.50. The number of hydrogen-bond acceptors (Lipinski definition) is 3. The van der Waals surface area contributed by atoms with E-state index in [2.05, 4.69) is 0 Å². The summed E-state index contributed by atoms with van der Waals surface area (Å²) in [5.41, 5.74) is 1.55. The van der Waals surface area contributed by atoms with Crippen LogP contribution in [0.25, 0.3) is 0 Å². The van der Waals surface area contributed by atoms with Crippen molar-refractivity contribution in [2.45, 2.75) is 12.8 Å². The molecule has 0 fully saturated rings. The molecule has 2 rings (SSSR count). The zero-order valence-corrected chi connectivity index (χ0v) is 6.95. The van der Waals surface area contributed by atoms with Crippen molar-refractivity contribution in [3.63, 3.8) is 0 Å². The van der Waals surface area contributed by atoms with Crippen LogP contribution in [-0.2, 0) is 11.2 Å². The maximum atomic E-state index is 11.3. The maximum absolute atomic E-state index is 11.3. The van der Waals surface area contributed by atoms with Crippen molar-refractivity contribution in [1.82, 2.24) is 0 Å². The Morgan fingerprint density at radius 3 is 2.92 bits per heavy atom. The van der Waals surface area contributed by atoms with E-state index in [1.807, 2.05) is 0 Å². The smallest absolute Gasteiger partial charge is 0.298 e. The molecule has 3 nitrogen and oxygen atoms in total. The molecule has 0 saturated carbocycles. The number of carbonyl (C=O) groups is 2. The van der Waals surface area contributed by atoms with Crippen LogP contribution in [-0.4, -0.2) is 12.3 Å². The van der Waals surface area contributed by atoms with Crippen molar-refractivity contribution in [2.24, 2.45) is 0 Å². The van der Waals surface area contributed by atoms with Crippen LogP contribution in [0.4, 0.5) is 0 Å². The van der Waals surface area contributed by atoms with Gasteiger partial charge in [0.25, 0.3) is 6.47 Å². The van der Waals surface area contributed by atoms with Crippen molar-refractivity contribution in [1.29, 1.82) is 0 Å². The predicted molar refractivity (Wildman–Crippen MR) is 45.8 cm³/mol. The van der Waals surface area contributed by atoms with Gasteiger partial charge in [-0.15, -0.1) is 0 Å². The first-order chi connectivity index (χ1) is 6.33. The molecule has 0 aromatic heterocycles. The Kier molecular flexibility index (Phi) is 1.85. The molecule has 0 bridgehead atoms. The second-order valence-electron chi connectivity index (χ2n) is 2.92. The quantitative estimate of drug-likeness (QED) is 0.639. The number of benzene rings is 1. The average molecular weight is 176 g/mol. The molecule has 0 aliphatic heterocycles. The Bertz CT molecular complexity index is 368. The molecule has 0 saturated heterocycles. The van der Waals surface area contributed by atoms with Crippen LogP contribution in [0.15, 0.2) is 18.2 Å². The van der Waals surface area contributed by atoms with Crippen LogP contribution < -0.4 is 4.74 Å². The van der Waals surface area contributed by atoms with Gasteiger partial charge in [-0.1, -0.05) is 12.1 Å². The van der Waals surface area contributed by atoms with Gasteiger partial charge in [-0.3, -0.25) is 9.59 Å². The molecule has 1 aliphatic carbocycles. The molecule has 1 aromatic rings. The molecule has 0 radical (unpaired) electrons. The molecule has 1 aromatic carbocycles. The van der Waals surface area contributed by atoms with E-state index in [0.29, 0.717) is 30.6 Å². The maximum Gasteiger partial charge on any atom is 0.298 e. The summed E-state index contributed by atoms with van der Waals surface area (Å²) in [5, 5.41) is 0. The standard InChI is InChI=1S/C10H8O3/c11-6-13-10-3-1-2-7-8(10)4-5-9(7)12/h1-3,6H,4-5H2. The minimum Gasteiger partial charge on any atom is -0.428 e. The fraction of sp³-hybridized carbons (Fsp3) is 0.200. The molecule has 0 amide bonds. The van der Waals surface area contributed by atoms with E-state index < -0.39 is 0 Å². The highest BCUT2D eigenvalue weighted by Gasteiger charge is 2.22. The predicted octanol–water partition coefficient (Wildman–Crippen LogP) is 1.35. The van der Waals surface area contributed by atoms with Crippen LogP contribution in [0.2, 0.25) is 0 Å². The fourth-order valence-electron chi connectivity index (χ4n) is 1.62. The van der Waals surface area contributed by atoms with Gasteiger partial charge in [0.05, 0.1) is 0 Å². The van der Waals surface area contributed by atoms with Crippen LogP contribution in [0.1, 0.15) is 22.3 Å². The van der Waals surface area contributed by atoms with E-state index in [9.17, 15) is 9.59 Å². The third-order valence-electron chi connectivity index (χ3n) is 2.21. The second kappa shape index (κ2) is 3.01. The monoisotopic (exact) mass is 176 g/mol. The summed E-state index contributed by atoms with van der Waals surface area (Å²) in [6, 6.07) is 5.19. The molecular weight excluding hydrogens is 168 g/mol. The van der Waals surface area contributed by atoms with Gasteiger partial charge in [0.15, 0.2) is 5.78 Å². The Labute approximate surface area is 75.3 Å². The SMILES string of the molecule is O=COc1cccc2c1CCC2=O. The average Bonchev–Trinajstić information content (AvgIpc) is 2.50. The second-order valence-corrected chi connectivity index (χ2v) is 2.92. The van der Waals surface area contributed by atoms with E-state index in [4.69, 9.17) is 4.74 Å². The van der Waals surface area contributed by atoms with E-state index in [1.54, 1.807) is 18.2 Å². The molecule has 0 spiro atoms. The number of ether oxygens (including phenoxy) is 1. The van der Waals surface area contributed by atoms with Crippen LogP contribution in [0.5, 0.6) is 5.75 Å². The highest BCUT2D eigenvalue weighted by molar-refractivity contribution is 6.01. The molecular formula is C10H8O3. The van der Waals surface area contributed by atoms with Crippen LogP contribution in [0.3, 0.4) is 0 Å². The molecule has 3 heteroatoms. The topological polar surface area (TPSA) is 43.4 Å². The number of ketones is 1. The lowest BCUT2D eigenvalue weighted by Gasteiger charge is -2.03. The fourth-order valence-corrected chi connectivity index (χ4v) is 1.62. The third-order valence-corrected chi connectivity index (χ3v) is 2.21. The number of rotatable bonds is 2. The minimum atomic E-state index is 0.131. The first-order valence-electron chi connectivity index (χ1n) is 4.08. The van der Waals surface area contributed by atoms with Crippen molar-refractivity contribution >= 4 is 12.3 Å². The zero-order valence-electron chi connectivity index (χ0n) is 6.95. The highest BCUT2D eigenvalue weighted by atomic mass is 16.5. The Morgan fingerprint density at radius 1 is 1.31 bits per heavy atom. The first-order valence-corrected chi connectivity index (χ1v) is 4.08. The lowest BCUT2D eigenvalue weighted by atomic mass is 10.1. The lowest BCUT2D eigenvalue weighted by molar-refractivity contribution is -0.120. The number of Topliss-reactive ketones (excluding diaryl/α,β-unsaturated/α-hetero) is 1. The normalized spacial score (nSPS) is 14.0. The molecule has 0 atom stereocenters. The largest absolute Gasteiger partial charge is 0.428 e. The molecule has 0 heterocycles. The van der Waals surface area contributed by atoms with Gasteiger partial charge in [0.1, 0.15) is 5.75 Å². The molecule has 0 N–H and O–H groups in total. The first kappa shape index (κ1) is 7.98. The van der Waals surface area contributed by atoms with Gasteiger partial charge in [-0.25, -0.2) is 0 Å². The summed E-state index contributed by atoms with van der Waals surface area (Å²) in [6.07, 6.45) is 1.20. The molecule has 1 aliphatic rings. The highest BCUT2D eigenvalue weighted by Crippen LogP contribution is 2.29. The summed E-state index contributed by atoms with van der Waals surface area (Å²) in [6.45, 7) is 0.387. The minimum absolute atomic E-state index is 0.131. The van der Waals surface area contributed by atoms with Gasteiger partial charge in [0, 0.05) is 17.5 Å². The van der Waals surface area contributed by atoms with E-state index in [1.165, 1.54) is 0 Å². The summed E-state index contributed by atoms with van der Waals surface area (Å²) in [5.74, 6) is 0.643. The van der Waals surface area contributed by atoms with Crippen LogP contribution in [0, 0.1) is 0 Å². The summed E-state index contributed by atoms with van der Waals surface area (Å²) < 4.78 is 4.76. The Morgan fingerprint density at radius 2 is 2.15 bits per heavy atom. The number of hydrogen-bond donors (Lipinski definition) is 0. The van der Waals surface area contributed by atoms with Gasteiger partial charge in [-0.05, 0) is 12.5 Å². The van der Waals surface area contributed by atoms with Crippen LogP contribution >= 0.6 is 0 Å². The van der Waals surface area contributed by atoms with E-state index in [0.717, 1.165) is 5.56 Å². The number of carbonyl (C=O) groups excluding carboxylic acids is 2. The summed E-state index contributed by atoms with van der Waals surface area (Å²) in [7, 11) is 0. The van der Waals surface area contributed by atoms with Gasteiger partial charge < -0.3 is 4.74 Å². The van der Waals surface area contributed by atoms with E-state index >= 15 is 0 Å². The van der Waals surface area contributed by atoms with Crippen molar-refractivity contribution in [2.75, 3.05) is 0 Å². The number of fused-ring (bicyclic) bond motifs is 1. The lowest BCUT2D eigenvalue weighted by Crippen LogP contribution is -1.95. The van der Waals surface area contributed by atoms with E-state index in [-0.39, 0.29) is 5.78 Å². The van der Waals surface area contributed by atoms with Gasteiger partial charge >= 0.3 is 0 Å². The van der Waals surface area contributed by atoms with Crippen molar-refractivity contribution < 1.29 is 14.3 Å². The Hall–Kier alpha value is -1.64. The zero-order chi connectivity index (χ0) is 9.26. The van der Waals surface area contributed by atoms with Crippen molar-refractivity contribution in [3.8, 4) is 5.75 Å². The van der Waals surface area contributed by atoms with Crippen molar-refractivity contribution in [3.05, 3.63) is 29.3 Å². The molecule has 13 heavy (non-hydrogen) atoms.